The summed E-state index contributed by atoms with van der Waals surface area (Å²) >= 11 is 8.03. The number of urea groups is 1. The quantitative estimate of drug-likeness (QED) is 0.376. The normalized spacial score (nSPS) is 16.5. The van der Waals surface area contributed by atoms with Gasteiger partial charge in [0.05, 0.1) is 32.7 Å². The van der Waals surface area contributed by atoms with Crippen molar-refractivity contribution in [1.82, 2.24) is 35.4 Å². The zero-order chi connectivity index (χ0) is 23.8. The van der Waals surface area contributed by atoms with Crippen LogP contribution in [0.25, 0.3) is 27.5 Å². The van der Waals surface area contributed by atoms with Gasteiger partial charge in [0.2, 0.25) is 0 Å². The second kappa shape index (κ2) is 9.37. The Morgan fingerprint density at radius 1 is 1.23 bits per heavy atom. The Morgan fingerprint density at radius 3 is 2.89 bits per heavy atom. The molecule has 1 aliphatic carbocycles. The number of fused-ring (bicyclic) bond motifs is 3. The molecule has 2 aliphatic rings. The fraction of sp³-hybridized carbons (Fsp3) is 0.292. The summed E-state index contributed by atoms with van der Waals surface area (Å²) in [6.45, 7) is 1.61. The number of para-hydroxylation sites is 1. The van der Waals surface area contributed by atoms with Gasteiger partial charge in [-0.15, -0.1) is 0 Å². The first-order valence-electron chi connectivity index (χ1n) is 11.6. The number of hydrogen-bond acceptors (Lipinski definition) is 7. The number of benzene rings is 1. The van der Waals surface area contributed by atoms with Gasteiger partial charge in [-0.2, -0.15) is 5.10 Å². The van der Waals surface area contributed by atoms with Crippen LogP contribution in [0.3, 0.4) is 0 Å². The van der Waals surface area contributed by atoms with Crippen molar-refractivity contribution in [3.8, 4) is 27.5 Å². The molecule has 6 rings (SSSR count). The predicted octanol–water partition coefficient (Wildman–Crippen LogP) is 4.08. The van der Waals surface area contributed by atoms with Gasteiger partial charge in [0.1, 0.15) is 6.33 Å². The molecule has 11 heteroatoms. The van der Waals surface area contributed by atoms with Crippen molar-refractivity contribution in [1.29, 1.82) is 0 Å². The smallest absolute Gasteiger partial charge is 0.321 e. The number of carbonyl (C=O) groups is 1. The van der Waals surface area contributed by atoms with E-state index in [-0.39, 0.29) is 6.03 Å². The van der Waals surface area contributed by atoms with Gasteiger partial charge < -0.3 is 10.6 Å². The van der Waals surface area contributed by atoms with Crippen molar-refractivity contribution in [2.75, 3.05) is 18.4 Å². The molecule has 3 aromatic heterocycles. The molecule has 1 saturated heterocycles. The molecule has 1 aliphatic heterocycles. The first-order valence-corrected chi connectivity index (χ1v) is 12.8. The molecule has 35 heavy (non-hydrogen) atoms. The Bertz CT molecular complexity index is 1380. The Kier molecular flexibility index (Phi) is 5.93. The Labute approximate surface area is 211 Å². The van der Waals surface area contributed by atoms with E-state index in [1.165, 1.54) is 17.7 Å². The first kappa shape index (κ1) is 22.1. The molecule has 4 heterocycles. The molecule has 9 nitrogen and oxygen atoms in total. The summed E-state index contributed by atoms with van der Waals surface area (Å²) in [7, 11) is 0. The van der Waals surface area contributed by atoms with Crippen LogP contribution in [0.1, 0.15) is 24.1 Å². The summed E-state index contributed by atoms with van der Waals surface area (Å²) in [5.74, 6) is 0. The van der Waals surface area contributed by atoms with Crippen molar-refractivity contribution in [2.24, 2.45) is 0 Å². The second-order valence-electron chi connectivity index (χ2n) is 8.59. The third-order valence-corrected chi connectivity index (χ3v) is 7.65. The SMILES string of the molecule is O=C(NC[C@H]1CCCN1)Nc1nc2c(s1)-c1c(c(-c3cncnc3)nn1-c1ccccc1Cl)CC2. The van der Waals surface area contributed by atoms with Crippen LogP contribution in [0.15, 0.2) is 43.0 Å². The van der Waals surface area contributed by atoms with Gasteiger partial charge in [-0.05, 0) is 44.4 Å². The van der Waals surface area contributed by atoms with E-state index >= 15 is 0 Å². The molecule has 0 unspecified atom stereocenters. The number of hydrogen-bond donors (Lipinski definition) is 3. The van der Waals surface area contributed by atoms with Crippen molar-refractivity contribution < 1.29 is 4.79 Å². The average molecular weight is 507 g/mol. The lowest BCUT2D eigenvalue weighted by Crippen LogP contribution is -2.39. The number of aryl methyl sites for hydroxylation is 1. The maximum Gasteiger partial charge on any atom is 0.321 e. The topological polar surface area (TPSA) is 110 Å². The standard InChI is InChI=1S/C24H23ClN8OS/c25-17-5-1-2-6-19(17)33-21-16(20(32-33)14-10-26-13-27-11-14)7-8-18-22(21)35-24(30-18)31-23(34)29-12-15-4-3-9-28-15/h1-2,5-6,10-11,13,15,28H,3-4,7-9,12H2,(H2,29,30,31,34)/t15-/m1/s1. The molecule has 4 aromatic rings. The van der Waals surface area contributed by atoms with Crippen LogP contribution < -0.4 is 16.0 Å². The van der Waals surface area contributed by atoms with E-state index < -0.39 is 0 Å². The monoisotopic (exact) mass is 506 g/mol. The summed E-state index contributed by atoms with van der Waals surface area (Å²) in [5, 5.41) is 15.4. The van der Waals surface area contributed by atoms with Crippen LogP contribution in [0.2, 0.25) is 5.02 Å². The van der Waals surface area contributed by atoms with Crippen LogP contribution in [0.4, 0.5) is 9.93 Å². The molecular formula is C24H23ClN8OS. The molecule has 1 fully saturated rings. The molecular weight excluding hydrogens is 484 g/mol. The highest BCUT2D eigenvalue weighted by atomic mass is 35.5. The molecule has 178 valence electrons. The van der Waals surface area contributed by atoms with Crippen LogP contribution in [0.5, 0.6) is 0 Å². The number of nitrogens with zero attached hydrogens (tertiary/aromatic N) is 5. The number of aromatic nitrogens is 5. The number of carbonyl (C=O) groups excluding carboxylic acids is 1. The largest absolute Gasteiger partial charge is 0.336 e. The maximum absolute atomic E-state index is 12.5. The summed E-state index contributed by atoms with van der Waals surface area (Å²) < 4.78 is 1.88. The molecule has 0 radical (unpaired) electrons. The lowest BCUT2D eigenvalue weighted by Gasteiger charge is -2.14. The minimum absolute atomic E-state index is 0.244. The molecule has 0 saturated carbocycles. The van der Waals surface area contributed by atoms with E-state index in [1.807, 2.05) is 28.9 Å². The Balaban J connectivity index is 1.36. The third-order valence-electron chi connectivity index (χ3n) is 6.31. The summed E-state index contributed by atoms with van der Waals surface area (Å²) in [5.41, 5.74) is 5.44. The van der Waals surface area contributed by atoms with Crippen molar-refractivity contribution >= 4 is 34.1 Å². The first-order chi connectivity index (χ1) is 17.2. The van der Waals surface area contributed by atoms with E-state index in [0.717, 1.165) is 71.0 Å². The highest BCUT2D eigenvalue weighted by molar-refractivity contribution is 7.19. The van der Waals surface area contributed by atoms with E-state index in [4.69, 9.17) is 21.7 Å². The van der Waals surface area contributed by atoms with Crippen LogP contribution in [-0.2, 0) is 12.8 Å². The highest BCUT2D eigenvalue weighted by Crippen LogP contribution is 2.44. The van der Waals surface area contributed by atoms with Gasteiger partial charge >= 0.3 is 6.03 Å². The van der Waals surface area contributed by atoms with Crippen molar-refractivity contribution in [3.63, 3.8) is 0 Å². The number of nitrogens with one attached hydrogen (secondary N) is 3. The number of thiazole rings is 1. The molecule has 1 atom stereocenters. The van der Waals surface area contributed by atoms with E-state index in [0.29, 0.717) is 22.7 Å². The van der Waals surface area contributed by atoms with Gasteiger partial charge in [-0.25, -0.2) is 24.4 Å². The lowest BCUT2D eigenvalue weighted by molar-refractivity contribution is 0.251. The number of anilines is 1. The Morgan fingerprint density at radius 2 is 2.09 bits per heavy atom. The summed E-state index contributed by atoms with van der Waals surface area (Å²) in [4.78, 5) is 26.6. The zero-order valence-electron chi connectivity index (χ0n) is 18.8. The van der Waals surface area contributed by atoms with E-state index in [2.05, 4.69) is 25.9 Å². The van der Waals surface area contributed by atoms with E-state index in [9.17, 15) is 4.79 Å². The predicted molar refractivity (Wildman–Crippen MR) is 136 cm³/mol. The number of amides is 2. The molecule has 2 amide bonds. The minimum atomic E-state index is -0.244. The fourth-order valence-electron chi connectivity index (χ4n) is 4.66. The molecule has 3 N–H and O–H groups in total. The highest BCUT2D eigenvalue weighted by Gasteiger charge is 2.30. The van der Waals surface area contributed by atoms with Crippen molar-refractivity contribution in [2.45, 2.75) is 31.7 Å². The maximum atomic E-state index is 12.5. The zero-order valence-corrected chi connectivity index (χ0v) is 20.4. The average Bonchev–Trinajstić information content (AvgIpc) is 3.62. The van der Waals surface area contributed by atoms with Gasteiger partial charge in [-0.3, -0.25) is 5.32 Å². The Hall–Kier alpha value is -3.34. The lowest BCUT2D eigenvalue weighted by atomic mass is 9.96. The van der Waals surface area contributed by atoms with Crippen molar-refractivity contribution in [3.05, 3.63) is 59.3 Å². The minimum Gasteiger partial charge on any atom is -0.336 e. The second-order valence-corrected chi connectivity index (χ2v) is 10.00. The summed E-state index contributed by atoms with van der Waals surface area (Å²) in [6.07, 6.45) is 8.79. The third kappa shape index (κ3) is 4.29. The van der Waals surface area contributed by atoms with Crippen LogP contribution >= 0.6 is 22.9 Å². The molecule has 0 spiro atoms. The van der Waals surface area contributed by atoms with Gasteiger partial charge in [0, 0.05) is 36.1 Å². The fourth-order valence-corrected chi connectivity index (χ4v) is 5.94. The van der Waals surface area contributed by atoms with Gasteiger partial charge in [-0.1, -0.05) is 35.1 Å². The van der Waals surface area contributed by atoms with Crippen LogP contribution in [0, 0.1) is 0 Å². The van der Waals surface area contributed by atoms with E-state index in [1.54, 1.807) is 12.4 Å². The van der Waals surface area contributed by atoms with Gasteiger partial charge in [0.25, 0.3) is 0 Å². The number of halogens is 1. The number of rotatable bonds is 5. The summed E-state index contributed by atoms with van der Waals surface area (Å²) in [6, 6.07) is 7.72. The van der Waals surface area contributed by atoms with Gasteiger partial charge in [0.15, 0.2) is 5.13 Å². The van der Waals surface area contributed by atoms with Crippen LogP contribution in [-0.4, -0.2) is 49.9 Å². The molecule has 0 bridgehead atoms. The molecule has 1 aromatic carbocycles.